The maximum absolute atomic E-state index is 9.80. The first-order chi connectivity index (χ1) is 6.79. The first-order valence-electron chi connectivity index (χ1n) is 4.92. The minimum absolute atomic E-state index is 0.377. The number of hydrogen-bond donors (Lipinski definition) is 1. The SMILES string of the molecule is CCc1cccc(C/N=N/C[SiH3])c1O. The molecule has 0 aliphatic carbocycles. The number of rotatable bonds is 4. The summed E-state index contributed by atoms with van der Waals surface area (Å²) in [5.74, 6) is 0.377. The fraction of sp³-hybridized carbons (Fsp3) is 0.400. The molecule has 0 aromatic heterocycles. The van der Waals surface area contributed by atoms with Gasteiger partial charge in [0.1, 0.15) is 5.75 Å². The molecule has 0 aliphatic rings. The van der Waals surface area contributed by atoms with Gasteiger partial charge in [0.25, 0.3) is 0 Å². The molecule has 0 aliphatic heterocycles. The molecule has 0 radical (unpaired) electrons. The first-order valence-corrected chi connectivity index (χ1v) is 6.34. The molecule has 0 heterocycles. The van der Waals surface area contributed by atoms with E-state index < -0.39 is 0 Å². The largest absolute Gasteiger partial charge is 0.507 e. The predicted octanol–water partition coefficient (Wildman–Crippen LogP) is 1.23. The molecular formula is C10H16N2OSi. The van der Waals surface area contributed by atoms with E-state index in [0.29, 0.717) is 12.3 Å². The van der Waals surface area contributed by atoms with Crippen LogP contribution in [0, 0.1) is 0 Å². The molecule has 1 rings (SSSR count). The smallest absolute Gasteiger partial charge is 0.123 e. The standard InChI is InChI=1S/C10H16N2OSi/c1-2-8-4-3-5-9(10(8)13)6-11-12-7-14/h3-5,13H,2,6-7H2,1,14H3/b12-11+. The van der Waals surface area contributed by atoms with Crippen LogP contribution in [-0.2, 0) is 13.0 Å². The fourth-order valence-electron chi connectivity index (χ4n) is 1.28. The van der Waals surface area contributed by atoms with E-state index in [2.05, 4.69) is 10.2 Å². The van der Waals surface area contributed by atoms with Gasteiger partial charge in [0, 0.05) is 22.0 Å². The molecule has 0 bridgehead atoms. The van der Waals surface area contributed by atoms with Crippen LogP contribution >= 0.6 is 0 Å². The van der Waals surface area contributed by atoms with E-state index >= 15 is 0 Å². The van der Waals surface area contributed by atoms with Gasteiger partial charge in [-0.25, -0.2) is 0 Å². The Kier molecular flexibility index (Phi) is 4.32. The number of benzene rings is 1. The second-order valence-corrected chi connectivity index (χ2v) is 3.67. The van der Waals surface area contributed by atoms with Gasteiger partial charge in [0.2, 0.25) is 0 Å². The summed E-state index contributed by atoms with van der Waals surface area (Å²) < 4.78 is 0. The van der Waals surface area contributed by atoms with Gasteiger partial charge in [-0.1, -0.05) is 25.1 Å². The maximum Gasteiger partial charge on any atom is 0.123 e. The summed E-state index contributed by atoms with van der Waals surface area (Å²) in [7, 11) is 1.04. The predicted molar refractivity (Wildman–Crippen MR) is 60.9 cm³/mol. The molecule has 76 valence electrons. The highest BCUT2D eigenvalue weighted by atomic mass is 28.1. The average Bonchev–Trinajstić information content (AvgIpc) is 2.21. The monoisotopic (exact) mass is 208 g/mol. The van der Waals surface area contributed by atoms with Gasteiger partial charge in [-0.3, -0.25) is 0 Å². The molecule has 0 saturated carbocycles. The van der Waals surface area contributed by atoms with E-state index in [4.69, 9.17) is 0 Å². The van der Waals surface area contributed by atoms with Crippen LogP contribution in [-0.4, -0.2) is 21.5 Å². The number of phenolic OH excluding ortho intramolecular Hbond substituents is 1. The van der Waals surface area contributed by atoms with Crippen molar-refractivity contribution < 1.29 is 5.11 Å². The van der Waals surface area contributed by atoms with Gasteiger partial charge in [0.05, 0.1) is 6.54 Å². The van der Waals surface area contributed by atoms with Gasteiger partial charge in [0.15, 0.2) is 0 Å². The van der Waals surface area contributed by atoms with Crippen LogP contribution in [0.4, 0.5) is 0 Å². The number of hydrogen-bond acceptors (Lipinski definition) is 3. The van der Waals surface area contributed by atoms with Crippen LogP contribution in [0.25, 0.3) is 0 Å². The topological polar surface area (TPSA) is 45.0 Å². The summed E-state index contributed by atoms with van der Waals surface area (Å²) in [4.78, 5) is 0. The lowest BCUT2D eigenvalue weighted by Crippen LogP contribution is -1.88. The number of para-hydroxylation sites is 1. The highest BCUT2D eigenvalue weighted by Gasteiger charge is 2.03. The van der Waals surface area contributed by atoms with Crippen molar-refractivity contribution >= 4 is 10.2 Å². The Bertz CT molecular complexity index is 326. The van der Waals surface area contributed by atoms with Crippen molar-refractivity contribution in [3.05, 3.63) is 29.3 Å². The lowest BCUT2D eigenvalue weighted by molar-refractivity contribution is 0.461. The van der Waals surface area contributed by atoms with E-state index in [1.807, 2.05) is 25.1 Å². The first kappa shape index (κ1) is 10.9. The highest BCUT2D eigenvalue weighted by Crippen LogP contribution is 2.23. The average molecular weight is 208 g/mol. The third-order valence-corrected chi connectivity index (χ3v) is 2.35. The molecule has 0 amide bonds. The van der Waals surface area contributed by atoms with E-state index in [-0.39, 0.29) is 0 Å². The number of aryl methyl sites for hydroxylation is 1. The Hall–Kier alpha value is -1.16. The van der Waals surface area contributed by atoms with Crippen molar-refractivity contribution in [3.8, 4) is 5.75 Å². The van der Waals surface area contributed by atoms with Gasteiger partial charge < -0.3 is 5.11 Å². The number of aromatic hydroxyl groups is 1. The van der Waals surface area contributed by atoms with Crippen LogP contribution in [0.1, 0.15) is 18.1 Å². The van der Waals surface area contributed by atoms with Crippen molar-refractivity contribution in [3.63, 3.8) is 0 Å². The van der Waals surface area contributed by atoms with Gasteiger partial charge >= 0.3 is 0 Å². The Morgan fingerprint density at radius 3 is 2.64 bits per heavy atom. The maximum atomic E-state index is 9.80. The van der Waals surface area contributed by atoms with Crippen LogP contribution < -0.4 is 0 Å². The molecule has 0 fully saturated rings. The third kappa shape index (κ3) is 2.66. The van der Waals surface area contributed by atoms with Crippen LogP contribution in [0.5, 0.6) is 5.75 Å². The van der Waals surface area contributed by atoms with Gasteiger partial charge in [-0.2, -0.15) is 10.2 Å². The van der Waals surface area contributed by atoms with E-state index in [0.717, 1.165) is 34.0 Å². The highest BCUT2D eigenvalue weighted by molar-refractivity contribution is 6.08. The summed E-state index contributed by atoms with van der Waals surface area (Å²) in [5, 5.41) is 17.7. The molecule has 1 aromatic carbocycles. The lowest BCUT2D eigenvalue weighted by atomic mass is 10.1. The lowest BCUT2D eigenvalue weighted by Gasteiger charge is -2.05. The van der Waals surface area contributed by atoms with Crippen LogP contribution in [0.2, 0.25) is 0 Å². The zero-order valence-corrected chi connectivity index (χ0v) is 10.7. The molecule has 3 nitrogen and oxygen atoms in total. The minimum atomic E-state index is 0.377. The van der Waals surface area contributed by atoms with E-state index in [9.17, 15) is 5.11 Å². The van der Waals surface area contributed by atoms with Crippen molar-refractivity contribution in [2.24, 2.45) is 10.2 Å². The normalized spacial score (nSPS) is 11.2. The van der Waals surface area contributed by atoms with Crippen LogP contribution in [0.3, 0.4) is 0 Å². The molecule has 0 spiro atoms. The summed E-state index contributed by atoms with van der Waals surface area (Å²) in [6.45, 7) is 2.51. The summed E-state index contributed by atoms with van der Waals surface area (Å²) in [6, 6.07) is 5.77. The molecular weight excluding hydrogens is 192 g/mol. The molecule has 14 heavy (non-hydrogen) atoms. The van der Waals surface area contributed by atoms with Crippen LogP contribution in [0.15, 0.2) is 28.4 Å². The van der Waals surface area contributed by atoms with Gasteiger partial charge in [-0.05, 0) is 12.0 Å². The quantitative estimate of drug-likeness (QED) is 0.587. The van der Waals surface area contributed by atoms with Crippen molar-refractivity contribution in [1.29, 1.82) is 0 Å². The number of nitrogens with zero attached hydrogens (tertiary/aromatic N) is 2. The number of azo groups is 1. The Morgan fingerprint density at radius 2 is 2.00 bits per heavy atom. The molecule has 0 atom stereocenters. The van der Waals surface area contributed by atoms with Crippen molar-refractivity contribution in [2.75, 3.05) is 6.17 Å². The second-order valence-electron chi connectivity index (χ2n) is 3.04. The molecule has 0 saturated heterocycles. The third-order valence-electron chi connectivity index (χ3n) is 2.07. The van der Waals surface area contributed by atoms with E-state index in [1.165, 1.54) is 0 Å². The Morgan fingerprint density at radius 1 is 1.29 bits per heavy atom. The molecule has 1 aromatic rings. The van der Waals surface area contributed by atoms with E-state index in [1.54, 1.807) is 0 Å². The molecule has 0 unspecified atom stereocenters. The Balaban J connectivity index is 2.81. The van der Waals surface area contributed by atoms with Crippen molar-refractivity contribution in [1.82, 2.24) is 0 Å². The summed E-state index contributed by atoms with van der Waals surface area (Å²) in [5.41, 5.74) is 1.84. The van der Waals surface area contributed by atoms with Crippen molar-refractivity contribution in [2.45, 2.75) is 19.9 Å². The zero-order chi connectivity index (χ0) is 10.4. The summed E-state index contributed by atoms with van der Waals surface area (Å²) >= 11 is 0. The number of phenols is 1. The zero-order valence-electron chi connectivity index (χ0n) is 8.70. The molecule has 4 heteroatoms. The summed E-state index contributed by atoms with van der Waals surface area (Å²) in [6.07, 6.45) is 1.67. The fourth-order valence-corrected chi connectivity index (χ4v) is 1.48. The minimum Gasteiger partial charge on any atom is -0.507 e. The molecule has 1 N–H and O–H groups in total. The van der Waals surface area contributed by atoms with Gasteiger partial charge in [-0.15, -0.1) is 0 Å². The Labute approximate surface area is 87.3 Å². The second kappa shape index (κ2) is 5.54.